The SMILES string of the molecule is COc1ccc(NCC(C)SC)nc1. The Morgan fingerprint density at radius 2 is 2.36 bits per heavy atom. The third-order valence-electron chi connectivity index (χ3n) is 1.95. The van der Waals surface area contributed by atoms with E-state index < -0.39 is 0 Å². The molecule has 1 rings (SSSR count). The molecule has 0 saturated heterocycles. The first-order valence-electron chi connectivity index (χ1n) is 4.53. The van der Waals surface area contributed by atoms with E-state index in [1.165, 1.54) is 0 Å². The van der Waals surface area contributed by atoms with Crippen LogP contribution in [0.25, 0.3) is 0 Å². The van der Waals surface area contributed by atoms with Gasteiger partial charge in [0.15, 0.2) is 0 Å². The second kappa shape index (κ2) is 5.75. The van der Waals surface area contributed by atoms with Crippen LogP contribution in [0.2, 0.25) is 0 Å². The molecule has 78 valence electrons. The summed E-state index contributed by atoms with van der Waals surface area (Å²) in [5, 5.41) is 3.86. The van der Waals surface area contributed by atoms with Crippen molar-refractivity contribution >= 4 is 17.6 Å². The lowest BCUT2D eigenvalue weighted by Crippen LogP contribution is -2.13. The first-order chi connectivity index (χ1) is 6.76. The molecule has 14 heavy (non-hydrogen) atoms. The van der Waals surface area contributed by atoms with E-state index in [4.69, 9.17) is 4.74 Å². The van der Waals surface area contributed by atoms with Gasteiger partial charge in [-0.1, -0.05) is 6.92 Å². The summed E-state index contributed by atoms with van der Waals surface area (Å²) in [7, 11) is 1.64. The van der Waals surface area contributed by atoms with Gasteiger partial charge in [0, 0.05) is 11.8 Å². The summed E-state index contributed by atoms with van der Waals surface area (Å²) in [4.78, 5) is 4.21. The summed E-state index contributed by atoms with van der Waals surface area (Å²) in [6, 6.07) is 3.82. The minimum Gasteiger partial charge on any atom is -0.495 e. The van der Waals surface area contributed by atoms with Crippen LogP contribution in [-0.4, -0.2) is 30.1 Å². The molecule has 0 fully saturated rings. The molecule has 0 aliphatic carbocycles. The molecule has 1 heterocycles. The molecule has 0 aliphatic heterocycles. The number of rotatable bonds is 5. The lowest BCUT2D eigenvalue weighted by molar-refractivity contribution is 0.413. The van der Waals surface area contributed by atoms with Gasteiger partial charge in [0.1, 0.15) is 11.6 Å². The Hall–Kier alpha value is -0.900. The molecule has 1 atom stereocenters. The summed E-state index contributed by atoms with van der Waals surface area (Å²) in [6.07, 6.45) is 3.82. The van der Waals surface area contributed by atoms with Gasteiger partial charge in [-0.3, -0.25) is 0 Å². The molecule has 0 radical (unpaired) electrons. The zero-order chi connectivity index (χ0) is 10.4. The number of thioether (sulfide) groups is 1. The minimum absolute atomic E-state index is 0.596. The van der Waals surface area contributed by atoms with Gasteiger partial charge in [-0.05, 0) is 18.4 Å². The second-order valence-electron chi connectivity index (χ2n) is 3.01. The van der Waals surface area contributed by atoms with Crippen LogP contribution in [0.3, 0.4) is 0 Å². The van der Waals surface area contributed by atoms with Gasteiger partial charge in [-0.25, -0.2) is 4.98 Å². The highest BCUT2D eigenvalue weighted by Crippen LogP contribution is 2.12. The van der Waals surface area contributed by atoms with E-state index in [2.05, 4.69) is 23.5 Å². The van der Waals surface area contributed by atoms with Crippen molar-refractivity contribution in [2.24, 2.45) is 0 Å². The maximum absolute atomic E-state index is 5.02. The third kappa shape index (κ3) is 3.46. The maximum atomic E-state index is 5.02. The summed E-state index contributed by atoms with van der Waals surface area (Å²) in [6.45, 7) is 3.11. The lowest BCUT2D eigenvalue weighted by Gasteiger charge is -2.10. The average molecular weight is 212 g/mol. The van der Waals surface area contributed by atoms with Crippen LogP contribution in [-0.2, 0) is 0 Å². The largest absolute Gasteiger partial charge is 0.495 e. The maximum Gasteiger partial charge on any atom is 0.137 e. The standard InChI is InChI=1S/C10H16N2OS/c1-8(14-3)6-11-10-5-4-9(13-2)7-12-10/h4-5,7-8H,6H2,1-3H3,(H,11,12). The second-order valence-corrected chi connectivity index (χ2v) is 4.29. The minimum atomic E-state index is 0.596. The van der Waals surface area contributed by atoms with Crippen molar-refractivity contribution in [2.75, 3.05) is 25.2 Å². The van der Waals surface area contributed by atoms with Crippen molar-refractivity contribution in [3.8, 4) is 5.75 Å². The summed E-state index contributed by atoms with van der Waals surface area (Å²) in [5.41, 5.74) is 0. The van der Waals surface area contributed by atoms with E-state index in [9.17, 15) is 0 Å². The molecule has 3 nitrogen and oxygen atoms in total. The molecular formula is C10H16N2OS. The number of methoxy groups -OCH3 is 1. The fourth-order valence-corrected chi connectivity index (χ4v) is 1.19. The fraction of sp³-hybridized carbons (Fsp3) is 0.500. The predicted octanol–water partition coefficient (Wildman–Crippen LogP) is 2.25. The molecule has 1 aromatic heterocycles. The predicted molar refractivity (Wildman–Crippen MR) is 62.3 cm³/mol. The van der Waals surface area contributed by atoms with Crippen LogP contribution in [0.15, 0.2) is 18.3 Å². The van der Waals surface area contributed by atoms with Crippen LogP contribution in [0.4, 0.5) is 5.82 Å². The van der Waals surface area contributed by atoms with Crippen molar-refractivity contribution in [3.05, 3.63) is 18.3 Å². The van der Waals surface area contributed by atoms with Gasteiger partial charge in [0.05, 0.1) is 13.3 Å². The van der Waals surface area contributed by atoms with Gasteiger partial charge in [0.2, 0.25) is 0 Å². The molecule has 0 aromatic carbocycles. The molecule has 1 aromatic rings. The molecule has 0 spiro atoms. The number of ether oxygens (including phenoxy) is 1. The number of hydrogen-bond acceptors (Lipinski definition) is 4. The fourth-order valence-electron chi connectivity index (χ4n) is 0.937. The smallest absolute Gasteiger partial charge is 0.137 e. The number of aromatic nitrogens is 1. The molecule has 1 unspecified atom stereocenters. The zero-order valence-electron chi connectivity index (χ0n) is 8.78. The van der Waals surface area contributed by atoms with Crippen LogP contribution in [0.1, 0.15) is 6.92 Å². The topological polar surface area (TPSA) is 34.1 Å². The Kier molecular flexibility index (Phi) is 4.59. The highest BCUT2D eigenvalue weighted by atomic mass is 32.2. The van der Waals surface area contributed by atoms with Gasteiger partial charge in [-0.2, -0.15) is 11.8 Å². The van der Waals surface area contributed by atoms with Gasteiger partial charge in [-0.15, -0.1) is 0 Å². The number of hydrogen-bond donors (Lipinski definition) is 1. The number of anilines is 1. The Bertz CT molecular complexity index is 263. The number of nitrogens with one attached hydrogen (secondary N) is 1. The van der Waals surface area contributed by atoms with Crippen molar-refractivity contribution < 1.29 is 4.74 Å². The first-order valence-corrected chi connectivity index (χ1v) is 5.81. The van der Waals surface area contributed by atoms with Crippen molar-refractivity contribution in [3.63, 3.8) is 0 Å². The summed E-state index contributed by atoms with van der Waals surface area (Å²) >= 11 is 1.84. The molecule has 1 N–H and O–H groups in total. The highest BCUT2D eigenvalue weighted by molar-refractivity contribution is 7.99. The average Bonchev–Trinajstić information content (AvgIpc) is 2.26. The van der Waals surface area contributed by atoms with E-state index in [1.54, 1.807) is 13.3 Å². The van der Waals surface area contributed by atoms with E-state index >= 15 is 0 Å². The lowest BCUT2D eigenvalue weighted by atomic mass is 10.4. The zero-order valence-corrected chi connectivity index (χ0v) is 9.60. The van der Waals surface area contributed by atoms with Crippen molar-refractivity contribution in [2.45, 2.75) is 12.2 Å². The van der Waals surface area contributed by atoms with E-state index in [0.717, 1.165) is 18.1 Å². The molecular weight excluding hydrogens is 196 g/mol. The van der Waals surface area contributed by atoms with Crippen molar-refractivity contribution in [1.29, 1.82) is 0 Å². The number of nitrogens with zero attached hydrogens (tertiary/aromatic N) is 1. The van der Waals surface area contributed by atoms with Crippen LogP contribution in [0.5, 0.6) is 5.75 Å². The van der Waals surface area contributed by atoms with Crippen LogP contribution >= 0.6 is 11.8 Å². The van der Waals surface area contributed by atoms with Crippen LogP contribution in [0, 0.1) is 0 Å². The van der Waals surface area contributed by atoms with E-state index in [1.807, 2.05) is 23.9 Å². The van der Waals surface area contributed by atoms with Crippen molar-refractivity contribution in [1.82, 2.24) is 4.98 Å². The normalized spacial score (nSPS) is 12.2. The molecule has 0 bridgehead atoms. The highest BCUT2D eigenvalue weighted by Gasteiger charge is 1.99. The Labute approximate surface area is 89.3 Å². The quantitative estimate of drug-likeness (QED) is 0.811. The van der Waals surface area contributed by atoms with Gasteiger partial charge >= 0.3 is 0 Å². The van der Waals surface area contributed by atoms with Crippen LogP contribution < -0.4 is 10.1 Å². The summed E-state index contributed by atoms with van der Waals surface area (Å²) < 4.78 is 5.02. The monoisotopic (exact) mass is 212 g/mol. The first kappa shape index (κ1) is 11.2. The van der Waals surface area contributed by atoms with E-state index in [0.29, 0.717) is 5.25 Å². The Morgan fingerprint density at radius 1 is 1.57 bits per heavy atom. The Balaban J connectivity index is 2.43. The molecule has 0 aliphatic rings. The van der Waals surface area contributed by atoms with Gasteiger partial charge in [0.25, 0.3) is 0 Å². The number of pyridine rings is 1. The molecule has 0 amide bonds. The third-order valence-corrected chi connectivity index (χ3v) is 2.92. The van der Waals surface area contributed by atoms with Gasteiger partial charge < -0.3 is 10.1 Å². The van der Waals surface area contributed by atoms with E-state index in [-0.39, 0.29) is 0 Å². The molecule has 0 saturated carbocycles. The Morgan fingerprint density at radius 3 is 2.86 bits per heavy atom. The molecule has 4 heteroatoms. The summed E-state index contributed by atoms with van der Waals surface area (Å²) in [5.74, 6) is 1.68.